The van der Waals surface area contributed by atoms with E-state index in [1.807, 2.05) is 0 Å². The monoisotopic (exact) mass is 157 g/mol. The van der Waals surface area contributed by atoms with Gasteiger partial charge in [-0.1, -0.05) is 0 Å². The molecule has 0 aliphatic heterocycles. The Bertz CT molecular complexity index is 179. The maximum atomic E-state index is 10.7. The van der Waals surface area contributed by atoms with Crippen LogP contribution in [0.1, 0.15) is 13.8 Å². The predicted octanol–water partition coefficient (Wildman–Crippen LogP) is 0.529. The van der Waals surface area contributed by atoms with Gasteiger partial charge in [-0.25, -0.2) is 4.79 Å². The summed E-state index contributed by atoms with van der Waals surface area (Å²) in [4.78, 5) is 21.3. The minimum absolute atomic E-state index is 0.165. The summed E-state index contributed by atoms with van der Waals surface area (Å²) in [7, 11) is 0. The highest BCUT2D eigenvalue weighted by Gasteiger charge is 2.19. The van der Waals surface area contributed by atoms with E-state index in [2.05, 4.69) is 9.85 Å². The summed E-state index contributed by atoms with van der Waals surface area (Å²) in [6.07, 6.45) is 0. The molecule has 0 saturated carbocycles. The van der Waals surface area contributed by atoms with E-state index in [0.29, 0.717) is 0 Å². The van der Waals surface area contributed by atoms with Gasteiger partial charge in [-0.15, -0.1) is 0 Å². The van der Waals surface area contributed by atoms with Gasteiger partial charge in [-0.05, 0) is 13.8 Å². The first-order valence-electron chi connectivity index (χ1n) is 3.14. The van der Waals surface area contributed by atoms with E-state index < -0.39 is 17.8 Å². The summed E-state index contributed by atoms with van der Waals surface area (Å²) in [5.41, 5.74) is 8.20. The molecule has 0 spiro atoms. The lowest BCUT2D eigenvalue weighted by Crippen LogP contribution is -2.27. The second kappa shape index (κ2) is 4.54. The normalized spacial score (nSPS) is 11.8. The molecule has 0 heterocycles. The van der Waals surface area contributed by atoms with Gasteiger partial charge in [-0.3, -0.25) is 4.79 Å². The Labute approximate surface area is 64.2 Å². The van der Waals surface area contributed by atoms with Gasteiger partial charge in [0.2, 0.25) is 0 Å². The van der Waals surface area contributed by atoms with Gasteiger partial charge in [0.25, 0.3) is 0 Å². The number of rotatable bonds is 4. The molecule has 62 valence electrons. The summed E-state index contributed by atoms with van der Waals surface area (Å²) in [5.74, 6) is -1.35. The van der Waals surface area contributed by atoms with Crippen LogP contribution >= 0.6 is 0 Å². The molecule has 0 aliphatic rings. The van der Waals surface area contributed by atoms with Gasteiger partial charge in [0, 0.05) is 0 Å². The molecule has 0 saturated heterocycles. The molecule has 0 aromatic rings. The lowest BCUT2D eigenvalue weighted by molar-refractivity contribution is -0.147. The fraction of sp³-hybridized carbons (Fsp3) is 0.667. The molecule has 0 aliphatic carbocycles. The van der Waals surface area contributed by atoms with Crippen LogP contribution in [0.25, 0.3) is 5.53 Å². The molecule has 0 fully saturated rings. The Balaban J connectivity index is 4.14. The van der Waals surface area contributed by atoms with Gasteiger partial charge in [0.15, 0.2) is 11.8 Å². The summed E-state index contributed by atoms with van der Waals surface area (Å²) in [6.45, 7) is 2.92. The van der Waals surface area contributed by atoms with Crippen LogP contribution in [0.5, 0.6) is 0 Å². The molecule has 0 amide bonds. The zero-order chi connectivity index (χ0) is 8.85. The standard InChI is InChI=1S/C6H9N2O3/c1-3-11-6(10)5(8-7)4(2)9/h5H,3H2,1-2H3/q-1. The fourth-order valence-electron chi connectivity index (χ4n) is 0.516. The number of ether oxygens (including phenoxy) is 1. The smallest absolute Gasteiger partial charge is 0.336 e. The van der Waals surface area contributed by atoms with Crippen molar-refractivity contribution in [3.8, 4) is 0 Å². The number of hydrogen-bond donors (Lipinski definition) is 0. The van der Waals surface area contributed by atoms with Crippen molar-refractivity contribution < 1.29 is 14.3 Å². The lowest BCUT2D eigenvalue weighted by Gasteiger charge is -2.09. The number of Topliss-reactive ketones (excluding diaryl/α,β-unsaturated/α-hetero) is 1. The molecule has 5 nitrogen and oxygen atoms in total. The molecule has 0 radical (unpaired) electrons. The molecular weight excluding hydrogens is 148 g/mol. The Hall–Kier alpha value is -1.26. The van der Waals surface area contributed by atoms with Crippen LogP contribution in [0, 0.1) is 0 Å². The average molecular weight is 157 g/mol. The fourth-order valence-corrected chi connectivity index (χ4v) is 0.516. The van der Waals surface area contributed by atoms with E-state index in [-0.39, 0.29) is 6.61 Å². The first kappa shape index (κ1) is 9.74. The third-order valence-electron chi connectivity index (χ3n) is 1.01. The molecule has 0 aromatic carbocycles. The number of carbonyl (C=O) groups excluding carboxylic acids is 2. The predicted molar refractivity (Wildman–Crippen MR) is 36.9 cm³/mol. The number of esters is 1. The second-order valence-electron chi connectivity index (χ2n) is 1.88. The molecule has 1 unspecified atom stereocenters. The number of ketones is 1. The molecule has 5 heteroatoms. The molecule has 0 bridgehead atoms. The van der Waals surface area contributed by atoms with Crippen molar-refractivity contribution >= 4 is 11.8 Å². The van der Waals surface area contributed by atoms with Gasteiger partial charge < -0.3 is 15.4 Å². The molecule has 0 aromatic heterocycles. The van der Waals surface area contributed by atoms with Crippen LogP contribution in [0.2, 0.25) is 0 Å². The summed E-state index contributed by atoms with van der Waals surface area (Å²) < 4.78 is 4.44. The number of carbonyl (C=O) groups is 2. The van der Waals surface area contributed by atoms with Crippen LogP contribution in [-0.4, -0.2) is 24.4 Å². The number of hydrogen-bond acceptors (Lipinski definition) is 4. The van der Waals surface area contributed by atoms with Crippen molar-refractivity contribution in [1.29, 1.82) is 0 Å². The maximum Gasteiger partial charge on any atom is 0.336 e. The van der Waals surface area contributed by atoms with Gasteiger partial charge in [0.05, 0.1) is 6.61 Å². The Kier molecular flexibility index (Phi) is 4.02. The van der Waals surface area contributed by atoms with E-state index in [9.17, 15) is 9.59 Å². The third kappa shape index (κ3) is 2.88. The summed E-state index contributed by atoms with van der Waals surface area (Å²) >= 11 is 0. The van der Waals surface area contributed by atoms with E-state index in [1.165, 1.54) is 0 Å². The highest BCUT2D eigenvalue weighted by Crippen LogP contribution is 1.96. The Morgan fingerprint density at radius 3 is 2.45 bits per heavy atom. The first-order valence-corrected chi connectivity index (χ1v) is 3.14. The van der Waals surface area contributed by atoms with E-state index >= 15 is 0 Å². The molecule has 0 rings (SSSR count). The minimum atomic E-state index is -1.38. The van der Waals surface area contributed by atoms with Crippen molar-refractivity contribution in [2.24, 2.45) is 5.11 Å². The van der Waals surface area contributed by atoms with E-state index in [1.54, 1.807) is 6.92 Å². The Morgan fingerprint density at radius 2 is 2.18 bits per heavy atom. The molecule has 11 heavy (non-hydrogen) atoms. The second-order valence-corrected chi connectivity index (χ2v) is 1.88. The van der Waals surface area contributed by atoms with Crippen molar-refractivity contribution in [3.05, 3.63) is 5.53 Å². The zero-order valence-corrected chi connectivity index (χ0v) is 6.40. The summed E-state index contributed by atoms with van der Waals surface area (Å²) in [6, 6.07) is -1.38. The van der Waals surface area contributed by atoms with Crippen LogP contribution in [0.15, 0.2) is 5.11 Å². The SMILES string of the molecule is CCOC(=O)C(N=[N-])C(C)=O. The quantitative estimate of drug-likeness (QED) is 0.339. The topological polar surface area (TPSA) is 78.0 Å². The maximum absolute atomic E-state index is 10.7. The number of nitrogens with zero attached hydrogens (tertiary/aromatic N) is 2. The lowest BCUT2D eigenvalue weighted by atomic mass is 10.2. The van der Waals surface area contributed by atoms with Crippen LogP contribution in [0.3, 0.4) is 0 Å². The van der Waals surface area contributed by atoms with Gasteiger partial charge >= 0.3 is 5.97 Å². The van der Waals surface area contributed by atoms with E-state index in [4.69, 9.17) is 5.53 Å². The molecule has 1 atom stereocenters. The molecule has 0 N–H and O–H groups in total. The van der Waals surface area contributed by atoms with Crippen LogP contribution in [0.4, 0.5) is 0 Å². The molecular formula is C6H9N2O3-. The zero-order valence-electron chi connectivity index (χ0n) is 6.40. The van der Waals surface area contributed by atoms with Gasteiger partial charge in [-0.2, -0.15) is 0 Å². The van der Waals surface area contributed by atoms with E-state index in [0.717, 1.165) is 6.92 Å². The summed E-state index contributed by atoms with van der Waals surface area (Å²) in [5, 5.41) is 2.58. The van der Waals surface area contributed by atoms with Crippen molar-refractivity contribution in [2.75, 3.05) is 6.61 Å². The van der Waals surface area contributed by atoms with Crippen LogP contribution in [-0.2, 0) is 14.3 Å². The van der Waals surface area contributed by atoms with Crippen molar-refractivity contribution in [1.82, 2.24) is 0 Å². The van der Waals surface area contributed by atoms with Crippen molar-refractivity contribution in [3.63, 3.8) is 0 Å². The minimum Gasteiger partial charge on any atom is -0.711 e. The first-order chi connectivity index (χ1) is 5.13. The highest BCUT2D eigenvalue weighted by atomic mass is 16.5. The van der Waals surface area contributed by atoms with Gasteiger partial charge in [0.1, 0.15) is 0 Å². The highest BCUT2D eigenvalue weighted by molar-refractivity contribution is 6.02. The van der Waals surface area contributed by atoms with Crippen LogP contribution < -0.4 is 0 Å². The van der Waals surface area contributed by atoms with Crippen molar-refractivity contribution in [2.45, 2.75) is 19.9 Å². The largest absolute Gasteiger partial charge is 0.711 e. The Morgan fingerprint density at radius 1 is 1.64 bits per heavy atom. The average Bonchev–Trinajstić information content (AvgIpc) is 1.88. The third-order valence-corrected chi connectivity index (χ3v) is 1.01.